The van der Waals surface area contributed by atoms with E-state index >= 15 is 0 Å². The van der Waals surface area contributed by atoms with Crippen LogP contribution in [0, 0.1) is 0 Å². The average molecular weight is 255 g/mol. The lowest BCUT2D eigenvalue weighted by atomic mass is 10.3. The summed E-state index contributed by atoms with van der Waals surface area (Å²) in [6, 6.07) is 1.22. The SMILES string of the molecule is C[Si](C)(C)CC=CCCCN1C(=O)CCC1O. The van der Waals surface area contributed by atoms with Gasteiger partial charge in [-0.1, -0.05) is 31.8 Å². The highest BCUT2D eigenvalue weighted by Gasteiger charge is 2.27. The molecule has 17 heavy (non-hydrogen) atoms. The maximum atomic E-state index is 11.4. The van der Waals surface area contributed by atoms with Crippen LogP contribution >= 0.6 is 0 Å². The molecule has 1 saturated heterocycles. The number of allylic oxidation sites excluding steroid dienone is 2. The number of carbonyl (C=O) groups is 1. The molecule has 0 saturated carbocycles. The molecule has 0 aromatic rings. The first-order valence-electron chi connectivity index (χ1n) is 6.53. The van der Waals surface area contributed by atoms with Gasteiger partial charge in [0.1, 0.15) is 6.23 Å². The van der Waals surface area contributed by atoms with Crippen LogP contribution < -0.4 is 0 Å². The van der Waals surface area contributed by atoms with E-state index in [0.717, 1.165) is 12.8 Å². The summed E-state index contributed by atoms with van der Waals surface area (Å²) in [4.78, 5) is 13.0. The lowest BCUT2D eigenvalue weighted by Crippen LogP contribution is -2.33. The van der Waals surface area contributed by atoms with Crippen LogP contribution in [0.5, 0.6) is 0 Å². The van der Waals surface area contributed by atoms with Crippen LogP contribution in [0.1, 0.15) is 25.7 Å². The van der Waals surface area contributed by atoms with Crippen LogP contribution in [-0.2, 0) is 4.79 Å². The van der Waals surface area contributed by atoms with E-state index in [9.17, 15) is 9.90 Å². The fourth-order valence-electron chi connectivity index (χ4n) is 1.93. The van der Waals surface area contributed by atoms with Gasteiger partial charge in [0.25, 0.3) is 0 Å². The maximum absolute atomic E-state index is 11.4. The van der Waals surface area contributed by atoms with Crippen LogP contribution in [0.15, 0.2) is 12.2 Å². The number of hydrogen-bond donors (Lipinski definition) is 1. The van der Waals surface area contributed by atoms with Crippen molar-refractivity contribution in [1.82, 2.24) is 4.90 Å². The molecule has 1 fully saturated rings. The summed E-state index contributed by atoms with van der Waals surface area (Å²) >= 11 is 0. The van der Waals surface area contributed by atoms with Gasteiger partial charge in [-0.3, -0.25) is 4.79 Å². The predicted molar refractivity (Wildman–Crippen MR) is 73.5 cm³/mol. The second kappa shape index (κ2) is 6.35. The normalized spacial score (nSPS) is 21.8. The molecule has 0 spiro atoms. The molecule has 0 radical (unpaired) electrons. The van der Waals surface area contributed by atoms with Crippen LogP contribution in [-0.4, -0.2) is 36.8 Å². The van der Waals surface area contributed by atoms with E-state index in [0.29, 0.717) is 19.4 Å². The highest BCUT2D eigenvalue weighted by Crippen LogP contribution is 2.17. The Morgan fingerprint density at radius 2 is 2.12 bits per heavy atom. The molecule has 1 N–H and O–H groups in total. The number of rotatable bonds is 6. The van der Waals surface area contributed by atoms with E-state index in [1.165, 1.54) is 6.04 Å². The molecule has 1 atom stereocenters. The van der Waals surface area contributed by atoms with Crippen LogP contribution in [0.25, 0.3) is 0 Å². The Labute approximate surface area is 106 Å². The summed E-state index contributed by atoms with van der Waals surface area (Å²) in [6.45, 7) is 7.76. The van der Waals surface area contributed by atoms with E-state index in [2.05, 4.69) is 31.8 Å². The van der Waals surface area contributed by atoms with E-state index in [-0.39, 0.29) is 5.91 Å². The molecule has 0 bridgehead atoms. The summed E-state index contributed by atoms with van der Waals surface area (Å²) in [5.41, 5.74) is 0. The molecule has 4 heteroatoms. The van der Waals surface area contributed by atoms with Gasteiger partial charge in [0.05, 0.1) is 0 Å². The minimum Gasteiger partial charge on any atom is -0.374 e. The van der Waals surface area contributed by atoms with Gasteiger partial charge in [0, 0.05) is 27.5 Å². The zero-order valence-electron chi connectivity index (χ0n) is 11.3. The largest absolute Gasteiger partial charge is 0.374 e. The monoisotopic (exact) mass is 255 g/mol. The summed E-state index contributed by atoms with van der Waals surface area (Å²) in [7, 11) is -0.956. The minimum atomic E-state index is -0.956. The smallest absolute Gasteiger partial charge is 0.224 e. The van der Waals surface area contributed by atoms with Crippen molar-refractivity contribution in [1.29, 1.82) is 0 Å². The Morgan fingerprint density at radius 3 is 2.65 bits per heavy atom. The Morgan fingerprint density at radius 1 is 1.41 bits per heavy atom. The third-order valence-electron chi connectivity index (χ3n) is 2.96. The fourth-order valence-corrected chi connectivity index (χ4v) is 2.80. The van der Waals surface area contributed by atoms with Gasteiger partial charge < -0.3 is 10.0 Å². The third-order valence-corrected chi connectivity index (χ3v) is 4.42. The molecule has 1 aliphatic rings. The first-order valence-corrected chi connectivity index (χ1v) is 10.2. The van der Waals surface area contributed by atoms with Crippen molar-refractivity contribution in [2.45, 2.75) is 57.6 Å². The number of unbranched alkanes of at least 4 members (excludes halogenated alkanes) is 1. The van der Waals surface area contributed by atoms with Crippen molar-refractivity contribution >= 4 is 14.0 Å². The van der Waals surface area contributed by atoms with Crippen molar-refractivity contribution in [3.05, 3.63) is 12.2 Å². The molecule has 1 aliphatic heterocycles. The molecule has 3 nitrogen and oxygen atoms in total. The lowest BCUT2D eigenvalue weighted by molar-refractivity contribution is -0.133. The van der Waals surface area contributed by atoms with Crippen LogP contribution in [0.2, 0.25) is 25.7 Å². The minimum absolute atomic E-state index is 0.101. The summed E-state index contributed by atoms with van der Waals surface area (Å²) < 4.78 is 0. The van der Waals surface area contributed by atoms with Crippen molar-refractivity contribution in [2.24, 2.45) is 0 Å². The lowest BCUT2D eigenvalue weighted by Gasteiger charge is -2.19. The van der Waals surface area contributed by atoms with E-state index < -0.39 is 14.3 Å². The van der Waals surface area contributed by atoms with Crippen molar-refractivity contribution in [3.63, 3.8) is 0 Å². The molecule has 0 aromatic carbocycles. The van der Waals surface area contributed by atoms with Crippen LogP contribution in [0.3, 0.4) is 0 Å². The van der Waals surface area contributed by atoms with Crippen molar-refractivity contribution in [3.8, 4) is 0 Å². The molecule has 0 aromatic heterocycles. The molecular weight excluding hydrogens is 230 g/mol. The van der Waals surface area contributed by atoms with Gasteiger partial charge in [-0.15, -0.1) is 0 Å². The number of likely N-dealkylation sites (tertiary alicyclic amines) is 1. The first kappa shape index (κ1) is 14.4. The van der Waals surface area contributed by atoms with Crippen molar-refractivity contribution < 1.29 is 9.90 Å². The maximum Gasteiger partial charge on any atom is 0.224 e. The van der Waals surface area contributed by atoms with Gasteiger partial charge >= 0.3 is 0 Å². The third kappa shape index (κ3) is 5.50. The van der Waals surface area contributed by atoms with Gasteiger partial charge in [-0.25, -0.2) is 0 Å². The van der Waals surface area contributed by atoms with Gasteiger partial charge in [-0.2, -0.15) is 0 Å². The number of hydrogen-bond acceptors (Lipinski definition) is 2. The summed E-state index contributed by atoms with van der Waals surface area (Å²) in [5, 5.41) is 9.56. The van der Waals surface area contributed by atoms with E-state index in [1.54, 1.807) is 4.90 Å². The molecular formula is C13H25NO2Si. The molecule has 1 unspecified atom stereocenters. The molecule has 1 rings (SSSR count). The Balaban J connectivity index is 2.14. The standard InChI is InChI=1S/C13H25NO2Si/c1-17(2,3)11-7-5-4-6-10-14-12(15)8-9-13(14)16/h5,7,12,15H,4,6,8-11H2,1-3H3. The van der Waals surface area contributed by atoms with Gasteiger partial charge in [0.2, 0.25) is 5.91 Å². The Hall–Kier alpha value is -0.613. The van der Waals surface area contributed by atoms with Gasteiger partial charge in [0.15, 0.2) is 0 Å². The predicted octanol–water partition coefficient (Wildman–Crippen LogP) is 2.60. The second-order valence-corrected chi connectivity index (χ2v) is 11.5. The zero-order chi connectivity index (χ0) is 12.9. The average Bonchev–Trinajstić information content (AvgIpc) is 2.52. The second-order valence-electron chi connectivity index (χ2n) is 5.98. The quantitative estimate of drug-likeness (QED) is 0.450. The van der Waals surface area contributed by atoms with Crippen molar-refractivity contribution in [2.75, 3.05) is 6.54 Å². The molecule has 0 aliphatic carbocycles. The van der Waals surface area contributed by atoms with E-state index in [4.69, 9.17) is 0 Å². The summed E-state index contributed by atoms with van der Waals surface area (Å²) in [6.07, 6.45) is 7.01. The summed E-state index contributed by atoms with van der Waals surface area (Å²) in [5.74, 6) is 0.101. The molecule has 1 heterocycles. The first-order chi connectivity index (χ1) is 7.90. The number of aliphatic hydroxyl groups is 1. The van der Waals surface area contributed by atoms with Crippen LogP contribution in [0.4, 0.5) is 0 Å². The van der Waals surface area contributed by atoms with Gasteiger partial charge in [-0.05, 0) is 18.9 Å². The highest BCUT2D eigenvalue weighted by atomic mass is 28.3. The topological polar surface area (TPSA) is 40.5 Å². The number of nitrogens with zero attached hydrogens (tertiary/aromatic N) is 1. The molecule has 98 valence electrons. The molecule has 1 amide bonds. The Bertz CT molecular complexity index is 284. The zero-order valence-corrected chi connectivity index (χ0v) is 12.3. The number of carbonyl (C=O) groups excluding carboxylic acids is 1. The van der Waals surface area contributed by atoms with E-state index in [1.807, 2.05) is 0 Å². The Kier molecular flexibility index (Phi) is 5.40. The number of aliphatic hydroxyl groups excluding tert-OH is 1. The number of amides is 1. The highest BCUT2D eigenvalue weighted by molar-refractivity contribution is 6.76. The fraction of sp³-hybridized carbons (Fsp3) is 0.769.